The number of nitrogens with zero attached hydrogens (tertiary/aromatic N) is 6. The molecule has 4 heterocycles. The van der Waals surface area contributed by atoms with E-state index in [4.69, 9.17) is 9.26 Å². The summed E-state index contributed by atoms with van der Waals surface area (Å²) >= 11 is 0. The van der Waals surface area contributed by atoms with E-state index < -0.39 is 0 Å². The summed E-state index contributed by atoms with van der Waals surface area (Å²) < 4.78 is 26.5. The molecule has 0 aliphatic carbocycles. The number of hydrogen-bond acceptors (Lipinski definition) is 7. The number of hydrogen-bond donors (Lipinski definition) is 0. The number of carbonyl (C=O) groups excluding carboxylic acids is 1. The van der Waals surface area contributed by atoms with Crippen molar-refractivity contribution in [2.75, 3.05) is 46.4 Å². The number of likely N-dealkylation sites (tertiary alicyclic amines) is 2. The number of aromatic nitrogens is 4. The van der Waals surface area contributed by atoms with Gasteiger partial charge in [0.1, 0.15) is 17.9 Å². The third-order valence-electron chi connectivity index (χ3n) is 6.72. The lowest BCUT2D eigenvalue weighted by molar-refractivity contribution is -0.142. The van der Waals surface area contributed by atoms with Crippen LogP contribution in [-0.2, 0) is 16.0 Å². The summed E-state index contributed by atoms with van der Waals surface area (Å²) in [4.78, 5) is 20.7. The molecule has 2 aliphatic heterocycles. The largest absolute Gasteiger partial charge is 0.375 e. The number of benzene rings is 1. The van der Waals surface area contributed by atoms with Crippen LogP contribution in [-0.4, -0.2) is 82.1 Å². The van der Waals surface area contributed by atoms with Gasteiger partial charge in [-0.2, -0.15) is 14.8 Å². The molecule has 3 aromatic rings. The fraction of sp³-hybridized carbons (Fsp3) is 0.565. The normalized spacial score (nSPS) is 18.2. The number of aryl methyl sites for hydroxylation is 1. The summed E-state index contributed by atoms with van der Waals surface area (Å²) in [5.74, 6) is 1.28. The molecular weight excluding hydrogens is 427 g/mol. The Hall–Kier alpha value is -2.85. The predicted octanol–water partition coefficient (Wildman–Crippen LogP) is 2.39. The molecule has 2 saturated heterocycles. The number of fused-ring (bicyclic) bond motifs is 1. The summed E-state index contributed by atoms with van der Waals surface area (Å²) in [6.45, 7) is 6.66. The first-order chi connectivity index (χ1) is 16.1. The van der Waals surface area contributed by atoms with E-state index in [-0.39, 0.29) is 30.2 Å². The van der Waals surface area contributed by atoms with Gasteiger partial charge in [0.15, 0.2) is 0 Å². The van der Waals surface area contributed by atoms with Crippen molar-refractivity contribution in [2.45, 2.75) is 32.1 Å². The third kappa shape index (κ3) is 4.24. The molecule has 9 nitrogen and oxygen atoms in total. The highest BCUT2D eigenvalue weighted by molar-refractivity contribution is 5.83. The first-order valence-corrected chi connectivity index (χ1v) is 11.6. The summed E-state index contributed by atoms with van der Waals surface area (Å²) in [5.41, 5.74) is 1.19. The molecule has 33 heavy (non-hydrogen) atoms. The van der Waals surface area contributed by atoms with E-state index in [9.17, 15) is 9.18 Å². The smallest absolute Gasteiger partial charge is 0.291 e. The second-order valence-corrected chi connectivity index (χ2v) is 8.95. The predicted molar refractivity (Wildman–Crippen MR) is 119 cm³/mol. The Labute approximate surface area is 191 Å². The van der Waals surface area contributed by atoms with Crippen LogP contribution in [0.15, 0.2) is 22.7 Å². The number of carbonyl (C=O) groups is 1. The van der Waals surface area contributed by atoms with Crippen molar-refractivity contribution in [3.05, 3.63) is 35.6 Å². The van der Waals surface area contributed by atoms with Gasteiger partial charge in [-0.25, -0.2) is 4.39 Å². The molecule has 176 valence electrons. The van der Waals surface area contributed by atoms with E-state index in [1.807, 2.05) is 17.9 Å². The maximum absolute atomic E-state index is 14.6. The van der Waals surface area contributed by atoms with Crippen molar-refractivity contribution in [3.63, 3.8) is 0 Å². The van der Waals surface area contributed by atoms with Crippen LogP contribution in [0.3, 0.4) is 0 Å². The molecule has 1 amide bonds. The zero-order valence-corrected chi connectivity index (χ0v) is 19.0. The SMILES string of the molecule is CCc1nn(-c2noc(C3CCN(CC4CN(C(=O)COC)C4)CC3)n2)c2c(F)cccc12. The van der Waals surface area contributed by atoms with Crippen molar-refractivity contribution in [2.24, 2.45) is 5.92 Å². The lowest BCUT2D eigenvalue weighted by Crippen LogP contribution is -2.55. The summed E-state index contributed by atoms with van der Waals surface area (Å²) in [5, 5.41) is 9.43. The molecule has 2 aromatic heterocycles. The van der Waals surface area contributed by atoms with E-state index in [1.54, 1.807) is 13.2 Å². The van der Waals surface area contributed by atoms with Gasteiger partial charge < -0.3 is 19.1 Å². The fourth-order valence-electron chi connectivity index (χ4n) is 4.90. The number of piperidine rings is 1. The summed E-state index contributed by atoms with van der Waals surface area (Å²) in [6.07, 6.45) is 2.54. The molecule has 0 unspecified atom stereocenters. The van der Waals surface area contributed by atoms with Crippen molar-refractivity contribution < 1.29 is 18.4 Å². The Morgan fingerprint density at radius 1 is 1.27 bits per heavy atom. The van der Waals surface area contributed by atoms with Crippen molar-refractivity contribution in [1.82, 2.24) is 29.7 Å². The molecular formula is C23H29FN6O3. The van der Waals surface area contributed by atoms with E-state index in [0.717, 1.165) is 56.6 Å². The highest BCUT2D eigenvalue weighted by Gasteiger charge is 2.33. The van der Waals surface area contributed by atoms with Gasteiger partial charge in [0.05, 0.1) is 5.69 Å². The molecule has 2 aliphatic rings. The zero-order chi connectivity index (χ0) is 22.9. The minimum Gasteiger partial charge on any atom is -0.375 e. The van der Waals surface area contributed by atoms with Gasteiger partial charge in [0, 0.05) is 44.0 Å². The summed E-state index contributed by atoms with van der Waals surface area (Å²) in [6, 6.07) is 4.98. The highest BCUT2D eigenvalue weighted by Crippen LogP contribution is 2.30. The Morgan fingerprint density at radius 3 is 2.79 bits per heavy atom. The van der Waals surface area contributed by atoms with Gasteiger partial charge in [0.25, 0.3) is 5.95 Å². The van der Waals surface area contributed by atoms with Crippen LogP contribution in [0.2, 0.25) is 0 Å². The topological polar surface area (TPSA) is 89.5 Å². The number of para-hydroxylation sites is 1. The van der Waals surface area contributed by atoms with Gasteiger partial charge in [-0.15, -0.1) is 0 Å². The average Bonchev–Trinajstić information content (AvgIpc) is 3.42. The van der Waals surface area contributed by atoms with Crippen LogP contribution < -0.4 is 0 Å². The van der Waals surface area contributed by atoms with Crippen molar-refractivity contribution in [1.29, 1.82) is 0 Å². The highest BCUT2D eigenvalue weighted by atomic mass is 19.1. The molecule has 5 rings (SSSR count). The van der Waals surface area contributed by atoms with Crippen LogP contribution in [0, 0.1) is 11.7 Å². The van der Waals surface area contributed by atoms with Crippen LogP contribution in [0.25, 0.3) is 16.9 Å². The van der Waals surface area contributed by atoms with Gasteiger partial charge in [-0.05, 0) is 43.6 Å². The van der Waals surface area contributed by atoms with E-state index in [1.165, 1.54) is 10.7 Å². The van der Waals surface area contributed by atoms with Crippen LogP contribution >= 0.6 is 0 Å². The fourth-order valence-corrected chi connectivity index (χ4v) is 4.90. The number of amides is 1. The maximum Gasteiger partial charge on any atom is 0.291 e. The van der Waals surface area contributed by atoms with Gasteiger partial charge in [0.2, 0.25) is 11.8 Å². The molecule has 1 aromatic carbocycles. The Morgan fingerprint density at radius 2 is 2.06 bits per heavy atom. The molecule has 0 atom stereocenters. The molecule has 0 spiro atoms. The minimum absolute atomic E-state index is 0.0653. The van der Waals surface area contributed by atoms with Crippen molar-refractivity contribution in [3.8, 4) is 5.95 Å². The van der Waals surface area contributed by atoms with Gasteiger partial charge in [-0.1, -0.05) is 19.1 Å². The third-order valence-corrected chi connectivity index (χ3v) is 6.72. The first-order valence-electron chi connectivity index (χ1n) is 11.6. The molecule has 2 fully saturated rings. The lowest BCUT2D eigenvalue weighted by Gasteiger charge is -2.42. The molecule has 0 bridgehead atoms. The Kier molecular flexibility index (Phi) is 6.11. The average molecular weight is 457 g/mol. The van der Waals surface area contributed by atoms with Crippen LogP contribution in [0.5, 0.6) is 0 Å². The molecule has 10 heteroatoms. The Bertz CT molecular complexity index is 1130. The van der Waals surface area contributed by atoms with E-state index in [0.29, 0.717) is 23.7 Å². The zero-order valence-electron chi connectivity index (χ0n) is 19.0. The number of ether oxygens (including phenoxy) is 1. The number of methoxy groups -OCH3 is 1. The molecule has 0 N–H and O–H groups in total. The quantitative estimate of drug-likeness (QED) is 0.539. The number of rotatable bonds is 7. The monoisotopic (exact) mass is 456 g/mol. The van der Waals surface area contributed by atoms with Crippen LogP contribution in [0.1, 0.15) is 37.3 Å². The minimum atomic E-state index is -0.349. The summed E-state index contributed by atoms with van der Waals surface area (Å²) in [7, 11) is 1.55. The molecule has 0 radical (unpaired) electrons. The number of halogens is 1. The van der Waals surface area contributed by atoms with Crippen LogP contribution in [0.4, 0.5) is 4.39 Å². The van der Waals surface area contributed by atoms with E-state index >= 15 is 0 Å². The lowest BCUT2D eigenvalue weighted by atomic mass is 9.94. The van der Waals surface area contributed by atoms with Gasteiger partial charge >= 0.3 is 0 Å². The first kappa shape index (κ1) is 22.0. The maximum atomic E-state index is 14.6. The van der Waals surface area contributed by atoms with Crippen molar-refractivity contribution >= 4 is 16.8 Å². The second kappa shape index (κ2) is 9.18. The van der Waals surface area contributed by atoms with E-state index in [2.05, 4.69) is 20.1 Å². The molecule has 0 saturated carbocycles. The second-order valence-electron chi connectivity index (χ2n) is 8.95. The van der Waals surface area contributed by atoms with Gasteiger partial charge in [-0.3, -0.25) is 4.79 Å². The standard InChI is InChI=1S/C23H29FN6O3/c1-3-19-17-5-4-6-18(24)21(17)30(26-19)23-25-22(33-27-23)16-7-9-28(10-8-16)11-15-12-29(13-15)20(31)14-32-2/h4-6,15-16H,3,7-14H2,1-2H3. The Balaban J connectivity index is 1.20.